The topological polar surface area (TPSA) is 113 Å². The van der Waals surface area contributed by atoms with Crippen molar-refractivity contribution in [1.29, 1.82) is 0 Å². The van der Waals surface area contributed by atoms with E-state index < -0.39 is 12.6 Å². The minimum absolute atomic E-state index is 0.0100. The average molecular weight is 447 g/mol. The Bertz CT molecular complexity index is 1060. The highest BCUT2D eigenvalue weighted by Crippen LogP contribution is 2.32. The molecule has 0 aliphatic heterocycles. The fourth-order valence-corrected chi connectivity index (χ4v) is 2.64. The molecule has 1 heterocycles. The first-order valence-electron chi connectivity index (χ1n) is 9.36. The lowest BCUT2D eigenvalue weighted by Gasteiger charge is -2.10. The number of rotatable bonds is 10. The number of methoxy groups -OCH3 is 1. The quantitative estimate of drug-likeness (QED) is 0.472. The fourth-order valence-electron chi connectivity index (χ4n) is 2.64. The van der Waals surface area contributed by atoms with Crippen LogP contribution in [0, 0.1) is 0 Å². The molecular weight excluding hydrogens is 428 g/mol. The van der Waals surface area contributed by atoms with Crippen molar-refractivity contribution < 1.29 is 37.1 Å². The Morgan fingerprint density at radius 1 is 1.12 bits per heavy atom. The number of nitrogens with zero attached hydrogens (tertiary/aromatic N) is 2. The van der Waals surface area contributed by atoms with Crippen molar-refractivity contribution in [2.75, 3.05) is 13.7 Å². The zero-order valence-corrected chi connectivity index (χ0v) is 16.9. The smallest absolute Gasteiger partial charge is 0.387 e. The van der Waals surface area contributed by atoms with Gasteiger partial charge in [-0.3, -0.25) is 9.59 Å². The lowest BCUT2D eigenvalue weighted by atomic mass is 10.1. The lowest BCUT2D eigenvalue weighted by molar-refractivity contribution is -0.145. The highest BCUT2D eigenvalue weighted by Gasteiger charge is 2.16. The maximum Gasteiger partial charge on any atom is 0.387 e. The van der Waals surface area contributed by atoms with Crippen LogP contribution < -0.4 is 14.8 Å². The van der Waals surface area contributed by atoms with E-state index in [-0.39, 0.29) is 48.7 Å². The number of esters is 1. The Morgan fingerprint density at radius 2 is 1.91 bits per heavy atom. The van der Waals surface area contributed by atoms with Crippen molar-refractivity contribution >= 4 is 11.9 Å². The summed E-state index contributed by atoms with van der Waals surface area (Å²) < 4.78 is 44.3. The van der Waals surface area contributed by atoms with Gasteiger partial charge >= 0.3 is 12.6 Å². The number of benzene rings is 2. The van der Waals surface area contributed by atoms with E-state index in [0.29, 0.717) is 5.56 Å². The molecule has 0 aliphatic carbocycles. The van der Waals surface area contributed by atoms with Gasteiger partial charge in [-0.15, -0.1) is 0 Å². The second-order valence-corrected chi connectivity index (χ2v) is 6.36. The number of carbonyl (C=O) groups excluding carboxylic acids is 2. The molecule has 0 unspecified atom stereocenters. The Kier molecular flexibility index (Phi) is 7.68. The Labute approximate surface area is 181 Å². The Balaban J connectivity index is 1.49. The Morgan fingerprint density at radius 3 is 2.62 bits per heavy atom. The van der Waals surface area contributed by atoms with E-state index in [4.69, 9.17) is 14.0 Å². The van der Waals surface area contributed by atoms with Crippen LogP contribution in [0.1, 0.15) is 11.5 Å². The molecule has 0 saturated heterocycles. The number of nitrogens with one attached hydrogen (secondary N) is 1. The van der Waals surface area contributed by atoms with Crippen LogP contribution in [0.2, 0.25) is 0 Å². The Hall–Kier alpha value is -4.02. The first-order valence-corrected chi connectivity index (χ1v) is 9.36. The molecule has 0 saturated carbocycles. The van der Waals surface area contributed by atoms with Gasteiger partial charge < -0.3 is 24.1 Å². The molecule has 32 heavy (non-hydrogen) atoms. The molecule has 1 aromatic heterocycles. The summed E-state index contributed by atoms with van der Waals surface area (Å²) in [5.41, 5.74) is 1.24. The van der Waals surface area contributed by atoms with Crippen LogP contribution in [0.5, 0.6) is 11.5 Å². The van der Waals surface area contributed by atoms with E-state index in [0.717, 1.165) is 5.56 Å². The summed E-state index contributed by atoms with van der Waals surface area (Å²) in [7, 11) is 1.30. The van der Waals surface area contributed by atoms with E-state index in [1.54, 1.807) is 12.1 Å². The molecule has 0 atom stereocenters. The molecule has 2 aromatic carbocycles. The van der Waals surface area contributed by atoms with Gasteiger partial charge in [-0.1, -0.05) is 35.5 Å². The SMILES string of the molecule is COc1cc(-c2noc(COC(=O)CNC(=O)Cc3ccccc3)n2)ccc1OC(F)F. The zero-order valence-electron chi connectivity index (χ0n) is 16.9. The molecule has 3 rings (SSSR count). The highest BCUT2D eigenvalue weighted by atomic mass is 19.3. The summed E-state index contributed by atoms with van der Waals surface area (Å²) in [5.74, 6) is -0.933. The number of aromatic nitrogens is 2. The van der Waals surface area contributed by atoms with Gasteiger partial charge in [0.1, 0.15) is 6.54 Å². The van der Waals surface area contributed by atoms with Crippen LogP contribution in [0.3, 0.4) is 0 Å². The van der Waals surface area contributed by atoms with E-state index in [1.807, 2.05) is 18.2 Å². The molecule has 0 aliphatic rings. The van der Waals surface area contributed by atoms with Crippen LogP contribution in [0.4, 0.5) is 8.78 Å². The van der Waals surface area contributed by atoms with Gasteiger partial charge in [0.25, 0.3) is 5.89 Å². The predicted octanol–water partition coefficient (Wildman–Crippen LogP) is 2.75. The summed E-state index contributed by atoms with van der Waals surface area (Å²) in [6.45, 7) is -3.61. The predicted molar refractivity (Wildman–Crippen MR) is 106 cm³/mol. The van der Waals surface area contributed by atoms with Crippen molar-refractivity contribution in [3.8, 4) is 22.9 Å². The maximum absolute atomic E-state index is 12.4. The number of amides is 1. The molecular formula is C21H19F2N3O6. The van der Waals surface area contributed by atoms with Crippen LogP contribution in [0.25, 0.3) is 11.4 Å². The molecule has 0 fully saturated rings. The number of carbonyl (C=O) groups is 2. The van der Waals surface area contributed by atoms with Crippen LogP contribution in [0.15, 0.2) is 53.1 Å². The van der Waals surface area contributed by atoms with Crippen LogP contribution in [-0.4, -0.2) is 42.3 Å². The van der Waals surface area contributed by atoms with Crippen LogP contribution >= 0.6 is 0 Å². The molecule has 0 spiro atoms. The van der Waals surface area contributed by atoms with Gasteiger partial charge in [0.05, 0.1) is 13.5 Å². The average Bonchev–Trinajstić information content (AvgIpc) is 3.26. The number of alkyl halides is 2. The summed E-state index contributed by atoms with van der Waals surface area (Å²) in [6, 6.07) is 13.2. The third-order valence-electron chi connectivity index (χ3n) is 4.10. The van der Waals surface area contributed by atoms with E-state index in [2.05, 4.69) is 20.2 Å². The van der Waals surface area contributed by atoms with Gasteiger partial charge in [-0.25, -0.2) is 0 Å². The van der Waals surface area contributed by atoms with Crippen molar-refractivity contribution in [2.45, 2.75) is 19.6 Å². The number of ether oxygens (including phenoxy) is 3. The summed E-state index contributed by atoms with van der Waals surface area (Å²) >= 11 is 0. The van der Waals surface area contributed by atoms with E-state index in [9.17, 15) is 18.4 Å². The second-order valence-electron chi connectivity index (χ2n) is 6.36. The number of hydrogen-bond donors (Lipinski definition) is 1. The van der Waals surface area contributed by atoms with Crippen molar-refractivity contribution in [1.82, 2.24) is 15.5 Å². The van der Waals surface area contributed by atoms with Crippen molar-refractivity contribution in [3.63, 3.8) is 0 Å². The minimum Gasteiger partial charge on any atom is -0.493 e. The summed E-state index contributed by atoms with van der Waals surface area (Å²) in [4.78, 5) is 27.8. The van der Waals surface area contributed by atoms with E-state index >= 15 is 0 Å². The number of halogens is 2. The summed E-state index contributed by atoms with van der Waals surface area (Å²) in [6.07, 6.45) is 0.145. The van der Waals surface area contributed by atoms with E-state index in [1.165, 1.54) is 25.3 Å². The van der Waals surface area contributed by atoms with Gasteiger partial charge in [0, 0.05) is 5.56 Å². The molecule has 11 heteroatoms. The zero-order chi connectivity index (χ0) is 22.9. The molecule has 9 nitrogen and oxygen atoms in total. The van der Waals surface area contributed by atoms with Crippen LogP contribution in [-0.2, 0) is 27.4 Å². The van der Waals surface area contributed by atoms with Gasteiger partial charge in [-0.05, 0) is 23.8 Å². The second kappa shape index (κ2) is 10.8. The lowest BCUT2D eigenvalue weighted by Crippen LogP contribution is -2.31. The van der Waals surface area contributed by atoms with Crippen molar-refractivity contribution in [3.05, 3.63) is 60.0 Å². The third kappa shape index (κ3) is 6.49. The highest BCUT2D eigenvalue weighted by molar-refractivity contribution is 5.83. The van der Waals surface area contributed by atoms with Gasteiger partial charge in [0.2, 0.25) is 11.7 Å². The monoisotopic (exact) mass is 447 g/mol. The molecule has 168 valence electrons. The fraction of sp³-hybridized carbons (Fsp3) is 0.238. The summed E-state index contributed by atoms with van der Waals surface area (Å²) in [5, 5.41) is 6.23. The third-order valence-corrected chi connectivity index (χ3v) is 4.10. The van der Waals surface area contributed by atoms with Gasteiger partial charge in [0.15, 0.2) is 18.1 Å². The van der Waals surface area contributed by atoms with Crippen molar-refractivity contribution in [2.24, 2.45) is 0 Å². The molecule has 0 radical (unpaired) electrons. The minimum atomic E-state index is -3.00. The molecule has 3 aromatic rings. The molecule has 1 amide bonds. The van der Waals surface area contributed by atoms with Gasteiger partial charge in [-0.2, -0.15) is 13.8 Å². The number of hydrogen-bond acceptors (Lipinski definition) is 8. The first kappa shape index (κ1) is 22.7. The maximum atomic E-state index is 12.4. The standard InChI is InChI=1S/C21H19F2N3O6/c1-29-16-10-14(7-8-15(16)31-21(22)23)20-25-18(32-26-20)12-30-19(28)11-24-17(27)9-13-5-3-2-4-6-13/h2-8,10,21H,9,11-12H2,1H3,(H,24,27). The molecule has 0 bridgehead atoms. The normalized spacial score (nSPS) is 10.6. The largest absolute Gasteiger partial charge is 0.493 e. The first-order chi connectivity index (χ1) is 15.4. The molecule has 1 N–H and O–H groups in total.